The first-order valence-electron chi connectivity index (χ1n) is 13.6. The Labute approximate surface area is 246 Å². The fraction of sp³-hybridized carbons (Fsp3) is 0.121. The molecule has 206 valence electrons. The molecule has 1 atom stereocenters. The van der Waals surface area contributed by atoms with Crippen molar-refractivity contribution in [1.29, 1.82) is 0 Å². The van der Waals surface area contributed by atoms with Crippen LogP contribution in [-0.4, -0.2) is 42.9 Å². The molecule has 1 amide bonds. The molecule has 8 nitrogen and oxygen atoms in total. The van der Waals surface area contributed by atoms with Crippen LogP contribution in [0.5, 0.6) is 5.88 Å². The number of hydrogen-bond donors (Lipinski definition) is 1. The third kappa shape index (κ3) is 4.76. The quantitative estimate of drug-likeness (QED) is 0.223. The Morgan fingerprint density at radius 3 is 2.62 bits per heavy atom. The van der Waals surface area contributed by atoms with Crippen LogP contribution in [-0.2, 0) is 5.41 Å². The monoisotopic (exact) mass is 572 g/mol. The van der Waals surface area contributed by atoms with Crippen LogP contribution in [0.4, 0.5) is 0 Å². The molecule has 6 aromatic rings. The van der Waals surface area contributed by atoms with E-state index in [-0.39, 0.29) is 17.4 Å². The fourth-order valence-electron chi connectivity index (χ4n) is 5.13. The molecule has 0 aliphatic heterocycles. The van der Waals surface area contributed by atoms with Crippen molar-refractivity contribution in [2.45, 2.75) is 18.4 Å². The molecule has 9 heteroatoms. The SMILES string of the molecule is CC(CNC(=O)c1ccc(-c2cnc3ncc(C4(c5ccc6ncccc6c5)C=C4)n3c2)cc1Cl)Oc1ccccn1. The summed E-state index contributed by atoms with van der Waals surface area (Å²) in [6.45, 7) is 2.17. The molecule has 0 spiro atoms. The number of imidazole rings is 1. The summed E-state index contributed by atoms with van der Waals surface area (Å²) in [4.78, 5) is 30.7. The molecular weight excluding hydrogens is 548 g/mol. The van der Waals surface area contributed by atoms with Crippen LogP contribution in [0, 0.1) is 0 Å². The van der Waals surface area contributed by atoms with Gasteiger partial charge in [-0.15, -0.1) is 0 Å². The summed E-state index contributed by atoms with van der Waals surface area (Å²) < 4.78 is 7.76. The first-order chi connectivity index (χ1) is 20.5. The Bertz CT molecular complexity index is 1980. The van der Waals surface area contributed by atoms with Gasteiger partial charge in [0.15, 0.2) is 0 Å². The summed E-state index contributed by atoms with van der Waals surface area (Å²) in [5.74, 6) is 0.834. The molecular formula is C33H25ClN6O2. The van der Waals surface area contributed by atoms with Gasteiger partial charge in [0.25, 0.3) is 5.91 Å². The van der Waals surface area contributed by atoms with E-state index in [0.717, 1.165) is 33.3 Å². The number of aromatic nitrogens is 5. The second kappa shape index (κ2) is 10.4. The molecule has 1 N–H and O–H groups in total. The summed E-state index contributed by atoms with van der Waals surface area (Å²) >= 11 is 6.60. The van der Waals surface area contributed by atoms with Gasteiger partial charge in [-0.05, 0) is 54.4 Å². The highest BCUT2D eigenvalue weighted by Crippen LogP contribution is 2.45. The van der Waals surface area contributed by atoms with E-state index in [9.17, 15) is 4.79 Å². The standard InChI is InChI=1S/C33H25ClN6O2/c1-21(42-30-6-2-3-13-36-30)17-37-31(41)26-9-7-22(16-27(26)34)24-18-38-32-39-19-29(40(32)20-24)33(11-12-33)25-8-10-28-23(15-25)5-4-14-35-28/h2-16,18-21H,17H2,1H3,(H,37,41). The van der Waals surface area contributed by atoms with Crippen LogP contribution < -0.4 is 10.1 Å². The molecule has 1 unspecified atom stereocenters. The van der Waals surface area contributed by atoms with E-state index in [1.807, 2.05) is 54.0 Å². The number of carbonyl (C=O) groups excluding carboxylic acids is 1. The van der Waals surface area contributed by atoms with Crippen molar-refractivity contribution in [3.8, 4) is 17.0 Å². The minimum atomic E-state index is -0.360. The maximum absolute atomic E-state index is 12.9. The van der Waals surface area contributed by atoms with Crippen molar-refractivity contribution in [3.05, 3.63) is 132 Å². The number of hydrogen-bond acceptors (Lipinski definition) is 6. The van der Waals surface area contributed by atoms with Gasteiger partial charge in [-0.2, -0.15) is 0 Å². The molecule has 42 heavy (non-hydrogen) atoms. The fourth-order valence-corrected chi connectivity index (χ4v) is 5.40. The predicted octanol–water partition coefficient (Wildman–Crippen LogP) is 6.05. The number of nitrogens with zero attached hydrogens (tertiary/aromatic N) is 5. The molecule has 0 fully saturated rings. The normalized spacial score (nSPS) is 14.1. The maximum atomic E-state index is 12.9. The van der Waals surface area contributed by atoms with E-state index in [2.05, 4.69) is 55.6 Å². The average molecular weight is 573 g/mol. The second-order valence-electron chi connectivity index (χ2n) is 10.3. The first kappa shape index (κ1) is 25.9. The number of rotatable bonds is 8. The maximum Gasteiger partial charge on any atom is 0.252 e. The van der Waals surface area contributed by atoms with Crippen molar-refractivity contribution in [2.75, 3.05) is 6.54 Å². The Kier molecular flexibility index (Phi) is 6.40. The number of halogens is 1. The predicted molar refractivity (Wildman–Crippen MR) is 162 cm³/mol. The molecule has 0 saturated carbocycles. The van der Waals surface area contributed by atoms with Gasteiger partial charge < -0.3 is 10.1 Å². The molecule has 1 aliphatic carbocycles. The molecule has 0 bridgehead atoms. The molecule has 0 radical (unpaired) electrons. The van der Waals surface area contributed by atoms with Gasteiger partial charge >= 0.3 is 0 Å². The molecule has 4 aromatic heterocycles. The highest BCUT2D eigenvalue weighted by molar-refractivity contribution is 6.34. The highest BCUT2D eigenvalue weighted by atomic mass is 35.5. The Morgan fingerprint density at radius 1 is 0.952 bits per heavy atom. The van der Waals surface area contributed by atoms with Gasteiger partial charge in [0.05, 0.1) is 40.0 Å². The summed E-state index contributed by atoms with van der Waals surface area (Å²) in [6.07, 6.45) is 13.2. The summed E-state index contributed by atoms with van der Waals surface area (Å²) in [7, 11) is 0. The summed E-state index contributed by atoms with van der Waals surface area (Å²) in [5.41, 5.74) is 4.82. The zero-order valence-corrected chi connectivity index (χ0v) is 23.4. The van der Waals surface area contributed by atoms with Gasteiger partial charge in [0, 0.05) is 41.8 Å². The van der Waals surface area contributed by atoms with Crippen LogP contribution in [0.1, 0.15) is 28.5 Å². The molecule has 2 aromatic carbocycles. The van der Waals surface area contributed by atoms with Crippen LogP contribution in [0.15, 0.2) is 110 Å². The van der Waals surface area contributed by atoms with Crippen LogP contribution in [0.25, 0.3) is 27.8 Å². The van der Waals surface area contributed by atoms with Crippen LogP contribution >= 0.6 is 11.6 Å². The van der Waals surface area contributed by atoms with Crippen molar-refractivity contribution < 1.29 is 9.53 Å². The first-order valence-corrected chi connectivity index (χ1v) is 13.9. The average Bonchev–Trinajstić information content (AvgIpc) is 3.71. The molecule has 4 heterocycles. The lowest BCUT2D eigenvalue weighted by molar-refractivity contribution is 0.0931. The number of benzene rings is 2. The van der Waals surface area contributed by atoms with Gasteiger partial charge in [-0.25, -0.2) is 15.0 Å². The number of pyridine rings is 2. The minimum Gasteiger partial charge on any atom is -0.473 e. The van der Waals surface area contributed by atoms with E-state index < -0.39 is 0 Å². The van der Waals surface area contributed by atoms with E-state index in [4.69, 9.17) is 16.3 Å². The Hall–Kier alpha value is -5.08. The molecule has 0 saturated heterocycles. The lowest BCUT2D eigenvalue weighted by Gasteiger charge is -2.17. The molecule has 1 aliphatic rings. The molecule has 7 rings (SSSR count). The number of ether oxygens (including phenoxy) is 1. The summed E-state index contributed by atoms with van der Waals surface area (Å²) in [5, 5.41) is 4.32. The third-order valence-electron chi connectivity index (χ3n) is 7.43. The van der Waals surface area contributed by atoms with Gasteiger partial charge in [0.1, 0.15) is 6.10 Å². The largest absolute Gasteiger partial charge is 0.473 e. The Balaban J connectivity index is 1.12. The van der Waals surface area contributed by atoms with E-state index in [1.165, 1.54) is 0 Å². The topological polar surface area (TPSA) is 94.3 Å². The number of carbonyl (C=O) groups is 1. The highest BCUT2D eigenvalue weighted by Gasteiger charge is 2.41. The zero-order chi connectivity index (χ0) is 28.7. The van der Waals surface area contributed by atoms with Gasteiger partial charge in [0.2, 0.25) is 11.7 Å². The van der Waals surface area contributed by atoms with Crippen molar-refractivity contribution in [2.24, 2.45) is 0 Å². The van der Waals surface area contributed by atoms with E-state index in [1.54, 1.807) is 36.8 Å². The van der Waals surface area contributed by atoms with Crippen molar-refractivity contribution in [1.82, 2.24) is 29.7 Å². The van der Waals surface area contributed by atoms with Gasteiger partial charge in [-0.1, -0.05) is 48.0 Å². The zero-order valence-electron chi connectivity index (χ0n) is 22.6. The smallest absolute Gasteiger partial charge is 0.252 e. The number of allylic oxidation sites excluding steroid dienone is 2. The number of fused-ring (bicyclic) bond motifs is 2. The number of amides is 1. The van der Waals surface area contributed by atoms with Crippen LogP contribution in [0.2, 0.25) is 5.02 Å². The van der Waals surface area contributed by atoms with E-state index >= 15 is 0 Å². The van der Waals surface area contributed by atoms with Crippen molar-refractivity contribution >= 4 is 34.2 Å². The lowest BCUT2D eigenvalue weighted by atomic mass is 9.89. The third-order valence-corrected chi connectivity index (χ3v) is 7.74. The van der Waals surface area contributed by atoms with E-state index in [0.29, 0.717) is 28.8 Å². The Morgan fingerprint density at radius 2 is 1.81 bits per heavy atom. The van der Waals surface area contributed by atoms with Crippen molar-refractivity contribution in [3.63, 3.8) is 0 Å². The van der Waals surface area contributed by atoms with Gasteiger partial charge in [-0.3, -0.25) is 14.2 Å². The lowest BCUT2D eigenvalue weighted by Crippen LogP contribution is -2.33. The second-order valence-corrected chi connectivity index (χ2v) is 10.7. The minimum absolute atomic E-state index is 0.264. The number of nitrogens with one attached hydrogen (secondary N) is 1. The van der Waals surface area contributed by atoms with Crippen LogP contribution in [0.3, 0.4) is 0 Å². The summed E-state index contributed by atoms with van der Waals surface area (Å²) in [6, 6.07) is 21.2.